The van der Waals surface area contributed by atoms with E-state index in [0.717, 1.165) is 50.2 Å². The maximum Gasteiger partial charge on any atom is 0.196 e. The Morgan fingerprint density at radius 2 is 1.13 bits per heavy atom. The molecule has 1 aliphatic carbocycles. The molecule has 0 bridgehead atoms. The maximum atomic E-state index is 6.75. The van der Waals surface area contributed by atoms with Gasteiger partial charge in [-0.15, -0.1) is 0 Å². The van der Waals surface area contributed by atoms with Crippen LogP contribution in [0.5, 0.6) is 5.75 Å². The molecular formula is C52H38N2O. The summed E-state index contributed by atoms with van der Waals surface area (Å²) in [4.78, 5) is 2.41. The molecule has 0 fully saturated rings. The average Bonchev–Trinajstić information content (AvgIpc) is 3.79. The molecule has 9 aromatic carbocycles. The van der Waals surface area contributed by atoms with Crippen LogP contribution in [0.3, 0.4) is 0 Å². The molecule has 262 valence electrons. The first-order valence-corrected chi connectivity index (χ1v) is 19.1. The second-order valence-electron chi connectivity index (χ2n) is 15.4. The molecule has 0 spiro atoms. The van der Waals surface area contributed by atoms with E-state index in [-0.39, 0.29) is 11.6 Å². The van der Waals surface area contributed by atoms with Crippen molar-refractivity contribution in [3.63, 3.8) is 0 Å². The zero-order valence-corrected chi connectivity index (χ0v) is 30.8. The minimum Gasteiger partial charge on any atom is -0.464 e. The lowest BCUT2D eigenvalue weighted by Crippen LogP contribution is -2.16. The van der Waals surface area contributed by atoms with E-state index in [0.29, 0.717) is 0 Å². The van der Waals surface area contributed by atoms with E-state index in [9.17, 15) is 0 Å². The van der Waals surface area contributed by atoms with Crippen LogP contribution in [0.15, 0.2) is 182 Å². The standard InChI is InChI=1S/C52H38N2O/c1-52(2)47-19-11-10-17-42(47)43-28-26-40(32-48(43)52)54(38-24-22-34(23-25-38)37-21-20-33-12-6-7-15-36(33)30-37)39-27-29-45-46(31-39)41-16-8-9-18-44(41)49-50(45)55-51(53-49)35-13-4-3-5-14-35/h3-32,51,53H,1-2H3. The van der Waals surface area contributed by atoms with Crippen molar-refractivity contribution in [2.45, 2.75) is 25.5 Å². The minimum atomic E-state index is -0.249. The molecule has 3 nitrogen and oxygen atoms in total. The molecule has 1 aliphatic heterocycles. The molecule has 3 heteroatoms. The number of anilines is 4. The molecule has 0 saturated heterocycles. The summed E-state index contributed by atoms with van der Waals surface area (Å²) in [6, 6.07) is 66.1. The number of benzene rings is 9. The lowest BCUT2D eigenvalue weighted by atomic mass is 9.82. The molecule has 1 heterocycles. The quantitative estimate of drug-likeness (QED) is 0.180. The van der Waals surface area contributed by atoms with Gasteiger partial charge in [-0.25, -0.2) is 0 Å². The SMILES string of the molecule is CC1(C)c2ccccc2-c2ccc(N(c3ccc(-c4ccc5ccccc5c4)cc3)c3ccc4c5c(c6ccccc6c4c3)NC(c3ccccc3)O5)cc21. The number of rotatable bonds is 5. The first-order chi connectivity index (χ1) is 27.0. The molecule has 0 saturated carbocycles. The zero-order valence-electron chi connectivity index (χ0n) is 30.8. The summed E-state index contributed by atoms with van der Waals surface area (Å²) in [5, 5.41) is 10.8. The van der Waals surface area contributed by atoms with E-state index in [1.54, 1.807) is 0 Å². The minimum absolute atomic E-state index is 0.118. The van der Waals surface area contributed by atoms with E-state index in [1.165, 1.54) is 49.5 Å². The molecule has 0 amide bonds. The highest BCUT2D eigenvalue weighted by Gasteiger charge is 2.36. The van der Waals surface area contributed by atoms with Crippen molar-refractivity contribution in [3.8, 4) is 28.0 Å². The van der Waals surface area contributed by atoms with Crippen LogP contribution >= 0.6 is 0 Å². The van der Waals surface area contributed by atoms with E-state index in [2.05, 4.69) is 200 Å². The molecule has 1 N–H and O–H groups in total. The Bertz CT molecular complexity index is 2960. The highest BCUT2D eigenvalue weighted by Crippen LogP contribution is 2.52. The van der Waals surface area contributed by atoms with Gasteiger partial charge < -0.3 is 15.0 Å². The van der Waals surface area contributed by atoms with Gasteiger partial charge in [-0.1, -0.05) is 147 Å². The van der Waals surface area contributed by atoms with E-state index in [4.69, 9.17) is 4.74 Å². The third-order valence-electron chi connectivity index (χ3n) is 11.9. The lowest BCUT2D eigenvalue weighted by Gasteiger charge is -2.28. The number of hydrogen-bond donors (Lipinski definition) is 1. The topological polar surface area (TPSA) is 24.5 Å². The fourth-order valence-corrected chi connectivity index (χ4v) is 9.06. The number of nitrogens with one attached hydrogen (secondary N) is 1. The van der Waals surface area contributed by atoms with Gasteiger partial charge in [0, 0.05) is 38.8 Å². The monoisotopic (exact) mass is 706 g/mol. The molecule has 0 radical (unpaired) electrons. The molecule has 0 aromatic heterocycles. The van der Waals surface area contributed by atoms with Crippen LogP contribution in [0, 0.1) is 0 Å². The van der Waals surface area contributed by atoms with Gasteiger partial charge >= 0.3 is 0 Å². The number of nitrogens with zero attached hydrogens (tertiary/aromatic N) is 1. The van der Waals surface area contributed by atoms with Crippen molar-refractivity contribution >= 4 is 55.1 Å². The molecule has 55 heavy (non-hydrogen) atoms. The normalized spacial score (nSPS) is 15.0. The van der Waals surface area contributed by atoms with Gasteiger partial charge in [0.2, 0.25) is 0 Å². The van der Waals surface area contributed by atoms with Gasteiger partial charge in [-0.05, 0) is 103 Å². The fourth-order valence-electron chi connectivity index (χ4n) is 9.06. The van der Waals surface area contributed by atoms with Crippen molar-refractivity contribution in [1.82, 2.24) is 0 Å². The summed E-state index contributed by atoms with van der Waals surface area (Å²) in [6.45, 7) is 4.70. The summed E-state index contributed by atoms with van der Waals surface area (Å²) in [5.41, 5.74) is 13.1. The van der Waals surface area contributed by atoms with Gasteiger partial charge in [0.15, 0.2) is 12.0 Å². The number of hydrogen-bond acceptors (Lipinski definition) is 3. The Labute approximate surface area is 321 Å². The summed E-state index contributed by atoms with van der Waals surface area (Å²) in [5.74, 6) is 0.900. The van der Waals surface area contributed by atoms with E-state index in [1.807, 2.05) is 6.07 Å². The molecular weight excluding hydrogens is 669 g/mol. The van der Waals surface area contributed by atoms with Crippen molar-refractivity contribution in [2.75, 3.05) is 10.2 Å². The van der Waals surface area contributed by atoms with Crippen molar-refractivity contribution in [3.05, 3.63) is 199 Å². The number of fused-ring (bicyclic) bond motifs is 10. The highest BCUT2D eigenvalue weighted by atomic mass is 16.5. The Morgan fingerprint density at radius 3 is 1.98 bits per heavy atom. The summed E-state index contributed by atoms with van der Waals surface area (Å²) >= 11 is 0. The van der Waals surface area contributed by atoms with Gasteiger partial charge in [-0.3, -0.25) is 0 Å². The van der Waals surface area contributed by atoms with Crippen molar-refractivity contribution < 1.29 is 4.74 Å². The second-order valence-corrected chi connectivity index (χ2v) is 15.4. The molecule has 9 aromatic rings. The highest BCUT2D eigenvalue weighted by molar-refractivity contribution is 6.18. The Morgan fingerprint density at radius 1 is 0.473 bits per heavy atom. The second kappa shape index (κ2) is 12.1. The number of ether oxygens (including phenoxy) is 1. The molecule has 2 aliphatic rings. The van der Waals surface area contributed by atoms with Crippen LogP contribution in [0.4, 0.5) is 22.7 Å². The smallest absolute Gasteiger partial charge is 0.196 e. The molecule has 1 unspecified atom stereocenters. The first-order valence-electron chi connectivity index (χ1n) is 19.1. The van der Waals surface area contributed by atoms with Crippen molar-refractivity contribution in [1.29, 1.82) is 0 Å². The summed E-state index contributed by atoms with van der Waals surface area (Å²) in [6.07, 6.45) is -0.249. The van der Waals surface area contributed by atoms with Crippen LogP contribution in [-0.2, 0) is 5.41 Å². The van der Waals surface area contributed by atoms with Gasteiger partial charge in [0.25, 0.3) is 0 Å². The van der Waals surface area contributed by atoms with Crippen molar-refractivity contribution in [2.24, 2.45) is 0 Å². The zero-order chi connectivity index (χ0) is 36.7. The summed E-state index contributed by atoms with van der Waals surface area (Å²) in [7, 11) is 0. The lowest BCUT2D eigenvalue weighted by molar-refractivity contribution is 0.262. The third kappa shape index (κ3) is 4.97. The fraction of sp³-hybridized carbons (Fsp3) is 0.0769. The Kier molecular flexibility index (Phi) is 6.96. The van der Waals surface area contributed by atoms with Gasteiger partial charge in [0.1, 0.15) is 0 Å². The largest absolute Gasteiger partial charge is 0.464 e. The van der Waals surface area contributed by atoms with Crippen LogP contribution in [0.1, 0.15) is 36.8 Å². The van der Waals surface area contributed by atoms with Crippen LogP contribution in [0.2, 0.25) is 0 Å². The van der Waals surface area contributed by atoms with E-state index >= 15 is 0 Å². The summed E-state index contributed by atoms with van der Waals surface area (Å²) < 4.78 is 6.75. The van der Waals surface area contributed by atoms with Crippen LogP contribution < -0.4 is 15.0 Å². The van der Waals surface area contributed by atoms with Crippen LogP contribution in [-0.4, -0.2) is 0 Å². The molecule has 11 rings (SSSR count). The molecule has 1 atom stereocenters. The predicted molar refractivity (Wildman–Crippen MR) is 230 cm³/mol. The first kappa shape index (κ1) is 31.7. The third-order valence-corrected chi connectivity index (χ3v) is 11.9. The van der Waals surface area contributed by atoms with Gasteiger partial charge in [-0.2, -0.15) is 0 Å². The van der Waals surface area contributed by atoms with E-state index < -0.39 is 0 Å². The average molecular weight is 707 g/mol. The van der Waals surface area contributed by atoms with Gasteiger partial charge in [0.05, 0.1) is 5.69 Å². The van der Waals surface area contributed by atoms with Crippen LogP contribution in [0.25, 0.3) is 54.6 Å². The Hall–Kier alpha value is -6.84. The predicted octanol–water partition coefficient (Wildman–Crippen LogP) is 14.1. The maximum absolute atomic E-state index is 6.75. The Balaban J connectivity index is 1.08.